The molecule has 0 aliphatic rings. The van der Waals surface area contributed by atoms with Crippen LogP contribution in [0.2, 0.25) is 0 Å². The SMILES string of the molecule is [B]C(=O)O.[W]. The van der Waals surface area contributed by atoms with Crippen molar-refractivity contribution in [1.29, 1.82) is 0 Å². The van der Waals surface area contributed by atoms with Crippen LogP contribution >= 0.6 is 0 Å². The molecule has 0 saturated heterocycles. The van der Waals surface area contributed by atoms with Gasteiger partial charge >= 0.3 is 0 Å². The largest absolute Gasteiger partial charge is 0.490 e. The van der Waals surface area contributed by atoms with E-state index in [4.69, 9.17) is 9.90 Å². The summed E-state index contributed by atoms with van der Waals surface area (Å²) in [7, 11) is 4.03. The van der Waals surface area contributed by atoms with Crippen molar-refractivity contribution in [3.63, 3.8) is 0 Å². The first-order valence-corrected chi connectivity index (χ1v) is 0.716. The fraction of sp³-hybridized carbons (Fsp3) is 0. The predicted octanol–water partition coefficient (Wildman–Crippen LogP) is -0.170. The van der Waals surface area contributed by atoms with Crippen LogP contribution in [0.1, 0.15) is 0 Å². The summed E-state index contributed by atoms with van der Waals surface area (Å²) in [6.45, 7) is 0. The summed E-state index contributed by atoms with van der Waals surface area (Å²) in [5.41, 5.74) is 0. The molecule has 2 nitrogen and oxygen atoms in total. The van der Waals surface area contributed by atoms with E-state index in [0.29, 0.717) is 0 Å². The third kappa shape index (κ3) is 419. The summed E-state index contributed by atoms with van der Waals surface area (Å²) in [6.07, 6.45) is 0. The van der Waals surface area contributed by atoms with Crippen molar-refractivity contribution in [2.24, 2.45) is 0 Å². The van der Waals surface area contributed by atoms with Crippen LogP contribution in [0.15, 0.2) is 0 Å². The first kappa shape index (κ1) is 8.97. The van der Waals surface area contributed by atoms with Crippen molar-refractivity contribution in [2.45, 2.75) is 0 Å². The zero-order valence-electron chi connectivity index (χ0n) is 2.34. The minimum absolute atomic E-state index is 0. The number of hydrogen-bond acceptors (Lipinski definition) is 1. The first-order valence-electron chi connectivity index (χ1n) is 0.716. The van der Waals surface area contributed by atoms with Crippen LogP contribution in [0.25, 0.3) is 0 Å². The Morgan fingerprint density at radius 3 is 1.80 bits per heavy atom. The second-order valence-electron chi connectivity index (χ2n) is 0.338. The van der Waals surface area contributed by atoms with Crippen molar-refractivity contribution >= 4 is 13.7 Å². The van der Waals surface area contributed by atoms with E-state index in [-0.39, 0.29) is 21.1 Å². The molecule has 0 atom stereocenters. The number of hydrogen-bond donors (Lipinski definition) is 1. The predicted molar refractivity (Wildman–Crippen MR) is 13.8 cm³/mol. The van der Waals surface area contributed by atoms with E-state index in [1.165, 1.54) is 0 Å². The zero-order chi connectivity index (χ0) is 3.58. The van der Waals surface area contributed by atoms with Crippen LogP contribution in [0.5, 0.6) is 0 Å². The molecule has 0 bridgehead atoms. The molecule has 0 amide bonds. The van der Waals surface area contributed by atoms with Crippen LogP contribution in [0.4, 0.5) is 4.79 Å². The summed E-state index contributed by atoms with van der Waals surface area (Å²) in [4.78, 5) is 8.78. The number of rotatable bonds is 0. The van der Waals surface area contributed by atoms with Crippen LogP contribution in [0.3, 0.4) is 0 Å². The maximum Gasteiger partial charge on any atom is 0.233 e. The summed E-state index contributed by atoms with van der Waals surface area (Å²) >= 11 is 0. The molecule has 26 valence electrons. The van der Waals surface area contributed by atoms with Crippen LogP contribution < -0.4 is 0 Å². The Morgan fingerprint density at radius 1 is 1.80 bits per heavy atom. The van der Waals surface area contributed by atoms with Gasteiger partial charge in [0.05, 0.1) is 0 Å². The van der Waals surface area contributed by atoms with Gasteiger partial charge in [-0.2, -0.15) is 0 Å². The van der Waals surface area contributed by atoms with Gasteiger partial charge in [-0.3, -0.25) is 4.79 Å². The van der Waals surface area contributed by atoms with Crippen molar-refractivity contribution in [2.75, 3.05) is 0 Å². The fourth-order valence-corrected chi connectivity index (χ4v) is 0. The van der Waals surface area contributed by atoms with Crippen LogP contribution in [0, 0.1) is 0 Å². The third-order valence-electron chi connectivity index (χ3n) is 0. The quantitative estimate of drug-likeness (QED) is 0.596. The molecular formula is CHBO2W. The average Bonchev–Trinajstić information content (AvgIpc) is 0.811. The molecule has 0 aromatic carbocycles. The Morgan fingerprint density at radius 2 is 1.80 bits per heavy atom. The maximum absolute atomic E-state index is 8.78. The van der Waals surface area contributed by atoms with Gasteiger partial charge in [-0.15, -0.1) is 0 Å². The van der Waals surface area contributed by atoms with Gasteiger partial charge in [0.1, 0.15) is 0 Å². The molecule has 0 fully saturated rings. The Hall–Kier alpha value is 0.223. The molecule has 2 radical (unpaired) electrons. The van der Waals surface area contributed by atoms with Gasteiger partial charge in [0.25, 0.3) is 0 Å². The van der Waals surface area contributed by atoms with Gasteiger partial charge in [-0.1, -0.05) is 0 Å². The van der Waals surface area contributed by atoms with Gasteiger partial charge in [-0.25, -0.2) is 0 Å². The maximum atomic E-state index is 8.78. The standard InChI is InChI=1S/CHBO2.W/c2-1(3)4;/h(H,3,4);. The minimum Gasteiger partial charge on any atom is -0.490 e. The molecule has 1 N–H and O–H groups in total. The number of carbonyl (C=O) groups is 1. The summed E-state index contributed by atoms with van der Waals surface area (Å²) in [6, 6.07) is 0. The molecule has 0 heterocycles. The molecular weight excluding hydrogens is 239 g/mol. The van der Waals surface area contributed by atoms with Gasteiger partial charge in [0.15, 0.2) is 0 Å². The van der Waals surface area contributed by atoms with Gasteiger partial charge in [0.2, 0.25) is 13.7 Å². The Balaban J connectivity index is 0. The average molecular weight is 240 g/mol. The van der Waals surface area contributed by atoms with Gasteiger partial charge in [0, 0.05) is 21.1 Å². The van der Waals surface area contributed by atoms with E-state index in [1.807, 2.05) is 0 Å². The zero-order valence-corrected chi connectivity index (χ0v) is 5.27. The van der Waals surface area contributed by atoms with Crippen molar-refractivity contribution in [1.82, 2.24) is 0 Å². The summed E-state index contributed by atoms with van der Waals surface area (Å²) in [5, 5.41) is 7.19. The summed E-state index contributed by atoms with van der Waals surface area (Å²) < 4.78 is 0. The van der Waals surface area contributed by atoms with E-state index >= 15 is 0 Å². The van der Waals surface area contributed by atoms with Crippen LogP contribution in [-0.4, -0.2) is 18.8 Å². The molecule has 0 unspecified atom stereocenters. The molecule has 0 rings (SSSR count). The molecule has 0 aromatic rings. The van der Waals surface area contributed by atoms with Crippen molar-refractivity contribution < 1.29 is 31.0 Å². The number of carboxylic acid groups (broad SMARTS) is 1. The molecule has 0 saturated carbocycles. The molecule has 0 aromatic heterocycles. The Kier molecular flexibility index (Phi) is 7.57. The van der Waals surface area contributed by atoms with Crippen LogP contribution in [-0.2, 0) is 21.1 Å². The van der Waals surface area contributed by atoms with E-state index in [0.717, 1.165) is 0 Å². The van der Waals surface area contributed by atoms with E-state index < -0.39 is 5.87 Å². The van der Waals surface area contributed by atoms with E-state index in [1.54, 1.807) is 0 Å². The minimum atomic E-state index is -1.33. The molecule has 0 spiro atoms. The topological polar surface area (TPSA) is 37.3 Å². The van der Waals surface area contributed by atoms with Crippen molar-refractivity contribution in [3.8, 4) is 0 Å². The van der Waals surface area contributed by atoms with E-state index in [2.05, 4.69) is 7.85 Å². The molecule has 0 aliphatic carbocycles. The second-order valence-corrected chi connectivity index (χ2v) is 0.338. The van der Waals surface area contributed by atoms with Crippen molar-refractivity contribution in [3.05, 3.63) is 0 Å². The molecule has 4 heteroatoms. The normalized spacial score (nSPS) is 4.80. The van der Waals surface area contributed by atoms with Gasteiger partial charge in [-0.05, 0) is 0 Å². The summed E-state index contributed by atoms with van der Waals surface area (Å²) in [5.74, 6) is -1.33. The second kappa shape index (κ2) is 4.22. The first-order chi connectivity index (χ1) is 1.73. The fourth-order valence-electron chi connectivity index (χ4n) is 0. The Labute approximate surface area is 45.2 Å². The monoisotopic (exact) mass is 240 g/mol. The molecule has 5 heavy (non-hydrogen) atoms. The smallest absolute Gasteiger partial charge is 0.233 e. The van der Waals surface area contributed by atoms with Gasteiger partial charge < -0.3 is 5.11 Å². The third-order valence-corrected chi connectivity index (χ3v) is 0. The Bertz CT molecular complexity index is 32.6. The molecule has 0 aliphatic heterocycles. The van der Waals surface area contributed by atoms with E-state index in [9.17, 15) is 0 Å².